The predicted molar refractivity (Wildman–Crippen MR) is 108 cm³/mol. The number of benzene rings is 2. The maximum atomic E-state index is 5.82. The van der Waals surface area contributed by atoms with Gasteiger partial charge in [0.15, 0.2) is 0 Å². The summed E-state index contributed by atoms with van der Waals surface area (Å²) < 4.78 is 11.6. The third kappa shape index (κ3) is 7.89. The molecule has 0 amide bonds. The predicted octanol–water partition coefficient (Wildman–Crippen LogP) is 3.35. The van der Waals surface area contributed by atoms with E-state index in [2.05, 4.69) is 80.5 Å². The summed E-state index contributed by atoms with van der Waals surface area (Å²) in [6, 6.07) is 16.8. The van der Waals surface area contributed by atoms with E-state index >= 15 is 0 Å². The molecular weight excluding hydrogens is 324 g/mol. The number of rotatable bonds is 11. The van der Waals surface area contributed by atoms with Gasteiger partial charge in [0.25, 0.3) is 0 Å². The number of hydrogen-bond acceptors (Lipinski definition) is 4. The molecule has 142 valence electrons. The first-order valence-electron chi connectivity index (χ1n) is 9.26. The normalized spacial score (nSPS) is 11.2. The van der Waals surface area contributed by atoms with Gasteiger partial charge in [0, 0.05) is 13.1 Å². The minimum atomic E-state index is 0.714. The summed E-state index contributed by atoms with van der Waals surface area (Å²) >= 11 is 0. The van der Waals surface area contributed by atoms with E-state index in [1.54, 1.807) is 0 Å². The molecule has 0 aromatic heterocycles. The van der Waals surface area contributed by atoms with Gasteiger partial charge in [0.2, 0.25) is 0 Å². The van der Waals surface area contributed by atoms with Gasteiger partial charge in [0.1, 0.15) is 24.7 Å². The highest BCUT2D eigenvalue weighted by Crippen LogP contribution is 2.17. The van der Waals surface area contributed by atoms with Crippen molar-refractivity contribution in [1.82, 2.24) is 9.80 Å². The summed E-state index contributed by atoms with van der Waals surface area (Å²) in [4.78, 5) is 4.24. The first-order valence-corrected chi connectivity index (χ1v) is 9.26. The van der Waals surface area contributed by atoms with Crippen LogP contribution in [0.5, 0.6) is 11.5 Å². The number of likely N-dealkylation sites (N-methyl/N-ethyl adjacent to an activating group) is 2. The van der Waals surface area contributed by atoms with Gasteiger partial charge in [-0.25, -0.2) is 0 Å². The van der Waals surface area contributed by atoms with Crippen LogP contribution < -0.4 is 9.47 Å². The second-order valence-corrected chi connectivity index (χ2v) is 7.09. The van der Waals surface area contributed by atoms with Gasteiger partial charge in [-0.2, -0.15) is 0 Å². The molecule has 0 saturated heterocycles. The van der Waals surface area contributed by atoms with Crippen molar-refractivity contribution in [3.63, 3.8) is 0 Å². The van der Waals surface area contributed by atoms with Crippen LogP contribution in [-0.2, 0) is 12.8 Å². The molecule has 0 aliphatic carbocycles. The molecule has 0 atom stereocenters. The number of ether oxygens (including phenoxy) is 2. The molecule has 0 heterocycles. The van der Waals surface area contributed by atoms with Crippen molar-refractivity contribution >= 4 is 0 Å². The summed E-state index contributed by atoms with van der Waals surface area (Å²) in [5.41, 5.74) is 2.63. The number of nitrogens with zero attached hydrogens (tertiary/aromatic N) is 2. The maximum absolute atomic E-state index is 5.82. The van der Waals surface area contributed by atoms with Gasteiger partial charge in [-0.1, -0.05) is 24.3 Å². The fourth-order valence-corrected chi connectivity index (χ4v) is 2.52. The molecule has 0 fully saturated rings. The monoisotopic (exact) mass is 356 g/mol. The molecule has 4 nitrogen and oxygen atoms in total. The van der Waals surface area contributed by atoms with Crippen LogP contribution in [0, 0.1) is 0 Å². The second-order valence-electron chi connectivity index (χ2n) is 7.09. The Bertz CT molecular complexity index is 639. The van der Waals surface area contributed by atoms with Gasteiger partial charge in [-0.3, -0.25) is 0 Å². The average Bonchev–Trinajstić information content (AvgIpc) is 2.61. The van der Waals surface area contributed by atoms with Crippen LogP contribution >= 0.6 is 0 Å². The van der Waals surface area contributed by atoms with E-state index in [0.29, 0.717) is 13.2 Å². The van der Waals surface area contributed by atoms with Crippen LogP contribution in [0.15, 0.2) is 48.5 Å². The van der Waals surface area contributed by atoms with Crippen LogP contribution in [0.1, 0.15) is 11.1 Å². The first-order chi connectivity index (χ1) is 12.5. The Hall–Kier alpha value is -2.04. The highest BCUT2D eigenvalue weighted by atomic mass is 16.5. The molecule has 0 spiro atoms. The second kappa shape index (κ2) is 10.8. The molecule has 26 heavy (non-hydrogen) atoms. The van der Waals surface area contributed by atoms with Gasteiger partial charge < -0.3 is 19.3 Å². The maximum Gasteiger partial charge on any atom is 0.119 e. The summed E-state index contributed by atoms with van der Waals surface area (Å²) in [5.74, 6) is 1.89. The lowest BCUT2D eigenvalue weighted by atomic mass is 10.0. The van der Waals surface area contributed by atoms with Crippen molar-refractivity contribution in [1.29, 1.82) is 0 Å². The average molecular weight is 357 g/mol. The highest BCUT2D eigenvalue weighted by Gasteiger charge is 2.01. The Morgan fingerprint density at radius 3 is 1.85 bits per heavy atom. The highest BCUT2D eigenvalue weighted by molar-refractivity contribution is 5.31. The van der Waals surface area contributed by atoms with E-state index in [4.69, 9.17) is 9.47 Å². The van der Waals surface area contributed by atoms with Crippen molar-refractivity contribution in [2.24, 2.45) is 0 Å². The summed E-state index contributed by atoms with van der Waals surface area (Å²) in [7, 11) is 8.21. The molecule has 4 heteroatoms. The quantitative estimate of drug-likeness (QED) is 0.616. The van der Waals surface area contributed by atoms with E-state index < -0.39 is 0 Å². The molecule has 0 aliphatic rings. The molecule has 2 aromatic carbocycles. The minimum Gasteiger partial charge on any atom is -0.492 e. The Balaban J connectivity index is 1.79. The van der Waals surface area contributed by atoms with E-state index in [0.717, 1.165) is 37.4 Å². The number of hydrogen-bond donors (Lipinski definition) is 0. The Morgan fingerprint density at radius 1 is 0.654 bits per heavy atom. The zero-order valence-corrected chi connectivity index (χ0v) is 16.6. The number of aryl methyl sites for hydroxylation is 2. The Morgan fingerprint density at radius 2 is 1.23 bits per heavy atom. The van der Waals surface area contributed by atoms with Crippen molar-refractivity contribution in [2.45, 2.75) is 12.8 Å². The van der Waals surface area contributed by atoms with Crippen LogP contribution in [0.4, 0.5) is 0 Å². The van der Waals surface area contributed by atoms with Crippen molar-refractivity contribution in [3.05, 3.63) is 59.7 Å². The molecule has 2 aromatic rings. The first kappa shape index (κ1) is 20.3. The van der Waals surface area contributed by atoms with Crippen molar-refractivity contribution in [2.75, 3.05) is 54.5 Å². The summed E-state index contributed by atoms with van der Waals surface area (Å²) in [6.45, 7) is 3.28. The molecule has 0 unspecified atom stereocenters. The Labute approximate surface area is 158 Å². The standard InChI is InChI=1S/C22H32N2O2/c1-23(2)14-16-25-21-12-10-19(11-13-21)8-9-20-6-5-7-22(18-20)26-17-15-24(3)4/h5-7,10-13,18H,8-9,14-17H2,1-4H3. The molecular formula is C22H32N2O2. The van der Waals surface area contributed by atoms with E-state index in [9.17, 15) is 0 Å². The third-order valence-electron chi connectivity index (χ3n) is 4.14. The topological polar surface area (TPSA) is 24.9 Å². The molecule has 0 bridgehead atoms. The fraction of sp³-hybridized carbons (Fsp3) is 0.455. The molecule has 0 aliphatic heterocycles. The van der Waals surface area contributed by atoms with Crippen LogP contribution in [0.25, 0.3) is 0 Å². The molecule has 0 saturated carbocycles. The van der Waals surface area contributed by atoms with E-state index in [1.165, 1.54) is 11.1 Å². The third-order valence-corrected chi connectivity index (χ3v) is 4.14. The van der Waals surface area contributed by atoms with Gasteiger partial charge >= 0.3 is 0 Å². The van der Waals surface area contributed by atoms with E-state index in [-0.39, 0.29) is 0 Å². The van der Waals surface area contributed by atoms with Crippen LogP contribution in [0.2, 0.25) is 0 Å². The van der Waals surface area contributed by atoms with Crippen molar-refractivity contribution < 1.29 is 9.47 Å². The van der Waals surface area contributed by atoms with Gasteiger partial charge in [-0.05, 0) is 76.4 Å². The molecule has 2 rings (SSSR count). The SMILES string of the molecule is CN(C)CCOc1ccc(CCc2cccc(OCCN(C)C)c2)cc1. The van der Waals surface area contributed by atoms with Gasteiger partial charge in [0.05, 0.1) is 0 Å². The zero-order chi connectivity index (χ0) is 18.8. The zero-order valence-electron chi connectivity index (χ0n) is 16.6. The lowest BCUT2D eigenvalue weighted by Crippen LogP contribution is -2.19. The summed E-state index contributed by atoms with van der Waals surface area (Å²) in [5, 5.41) is 0. The molecule has 0 radical (unpaired) electrons. The molecule has 0 N–H and O–H groups in total. The van der Waals surface area contributed by atoms with Crippen LogP contribution in [-0.4, -0.2) is 64.3 Å². The largest absolute Gasteiger partial charge is 0.492 e. The minimum absolute atomic E-state index is 0.714. The van der Waals surface area contributed by atoms with Gasteiger partial charge in [-0.15, -0.1) is 0 Å². The lowest BCUT2D eigenvalue weighted by Gasteiger charge is -2.12. The Kier molecular flexibility index (Phi) is 8.45. The van der Waals surface area contributed by atoms with E-state index in [1.807, 2.05) is 6.07 Å². The smallest absolute Gasteiger partial charge is 0.119 e. The van der Waals surface area contributed by atoms with Crippen LogP contribution in [0.3, 0.4) is 0 Å². The lowest BCUT2D eigenvalue weighted by molar-refractivity contribution is 0.261. The fourth-order valence-electron chi connectivity index (χ4n) is 2.52. The van der Waals surface area contributed by atoms with Crippen molar-refractivity contribution in [3.8, 4) is 11.5 Å². The summed E-state index contributed by atoms with van der Waals surface area (Å²) in [6.07, 6.45) is 2.02.